The molecule has 0 atom stereocenters. The molecule has 1 amide bonds. The van der Waals surface area contributed by atoms with E-state index in [1.165, 1.54) is 12.1 Å². The number of hydrogen-bond acceptors (Lipinski definition) is 6. The van der Waals surface area contributed by atoms with E-state index >= 15 is 0 Å². The fourth-order valence-corrected chi connectivity index (χ4v) is 5.40. The number of nitrogens with one attached hydrogen (secondary N) is 2. The maximum atomic E-state index is 12.6. The Morgan fingerprint density at radius 2 is 1.91 bits per heavy atom. The number of hydrogen-bond donors (Lipinski definition) is 2. The fraction of sp³-hybridized carbons (Fsp3) is 0.391. The molecular formula is C23H28Cl2N4O3S. The Labute approximate surface area is 205 Å². The second kappa shape index (κ2) is 11.3. The van der Waals surface area contributed by atoms with Crippen molar-refractivity contribution in [2.75, 3.05) is 39.1 Å². The van der Waals surface area contributed by atoms with Gasteiger partial charge in [0.05, 0.1) is 16.5 Å². The second-order valence-corrected chi connectivity index (χ2v) is 10.7. The summed E-state index contributed by atoms with van der Waals surface area (Å²) in [6.07, 6.45) is 0.933. The molecule has 178 valence electrons. The number of sulfone groups is 1. The molecule has 10 heteroatoms. The number of halogens is 2. The molecule has 2 N–H and O–H groups in total. The van der Waals surface area contributed by atoms with Gasteiger partial charge in [-0.1, -0.05) is 47.5 Å². The van der Waals surface area contributed by atoms with Gasteiger partial charge in [0.25, 0.3) is 0 Å². The van der Waals surface area contributed by atoms with Crippen LogP contribution in [0, 0.1) is 6.92 Å². The monoisotopic (exact) mass is 510 g/mol. The average Bonchev–Trinajstić information content (AvgIpc) is 3.32. The third-order valence-corrected chi connectivity index (χ3v) is 7.84. The fourth-order valence-electron chi connectivity index (χ4n) is 3.38. The van der Waals surface area contributed by atoms with Crippen LogP contribution in [0.25, 0.3) is 0 Å². The number of amidine groups is 1. The van der Waals surface area contributed by atoms with Gasteiger partial charge in [-0.3, -0.25) is 9.79 Å². The minimum absolute atomic E-state index is 0.0313. The van der Waals surface area contributed by atoms with Crippen molar-refractivity contribution in [1.82, 2.24) is 15.5 Å². The van der Waals surface area contributed by atoms with Gasteiger partial charge in [-0.15, -0.1) is 0 Å². The highest BCUT2D eigenvalue weighted by atomic mass is 35.5. The molecule has 3 rings (SSSR count). The Kier molecular flexibility index (Phi) is 8.75. The first kappa shape index (κ1) is 25.5. The van der Waals surface area contributed by atoms with Crippen molar-refractivity contribution in [1.29, 1.82) is 0 Å². The zero-order chi connectivity index (χ0) is 24.0. The highest BCUT2D eigenvalue weighted by Crippen LogP contribution is 2.28. The maximum Gasteiger partial charge on any atom is 0.223 e. The lowest BCUT2D eigenvalue weighted by atomic mass is 10.1. The number of carbonyl (C=O) groups is 1. The summed E-state index contributed by atoms with van der Waals surface area (Å²) >= 11 is 12.0. The van der Waals surface area contributed by atoms with Crippen LogP contribution in [0.3, 0.4) is 0 Å². The summed E-state index contributed by atoms with van der Waals surface area (Å²) in [7, 11) is -1.89. The van der Waals surface area contributed by atoms with E-state index in [0.29, 0.717) is 17.1 Å². The van der Waals surface area contributed by atoms with Crippen LogP contribution in [0.4, 0.5) is 0 Å². The number of nitrogens with zero attached hydrogens (tertiary/aromatic N) is 2. The summed E-state index contributed by atoms with van der Waals surface area (Å²) in [4.78, 5) is 18.5. The molecule has 0 radical (unpaired) electrons. The molecule has 0 spiro atoms. The molecule has 0 aromatic heterocycles. The lowest BCUT2D eigenvalue weighted by Crippen LogP contribution is -2.33. The van der Waals surface area contributed by atoms with Gasteiger partial charge in [-0.05, 0) is 36.6 Å². The lowest BCUT2D eigenvalue weighted by Gasteiger charge is -2.17. The van der Waals surface area contributed by atoms with Gasteiger partial charge < -0.3 is 15.5 Å². The smallest absolute Gasteiger partial charge is 0.223 e. The van der Waals surface area contributed by atoms with E-state index in [2.05, 4.69) is 15.6 Å². The summed E-state index contributed by atoms with van der Waals surface area (Å²) in [5.74, 6) is 0.565. The van der Waals surface area contributed by atoms with Crippen molar-refractivity contribution in [3.8, 4) is 0 Å². The van der Waals surface area contributed by atoms with Crippen molar-refractivity contribution >= 4 is 44.8 Å². The number of aliphatic imine (C=N–C) groups is 1. The SMILES string of the molecule is Cc1cc(S(=O)(=O)CNCCC(=O)N(C)CCc2ccc(C3=NCCN3)cc2)c(Cl)cc1Cl. The Bertz CT molecular complexity index is 1140. The first-order valence-electron chi connectivity index (χ1n) is 10.7. The number of benzene rings is 2. The van der Waals surface area contributed by atoms with Gasteiger partial charge >= 0.3 is 0 Å². The molecule has 1 heterocycles. The van der Waals surface area contributed by atoms with E-state index in [0.717, 1.165) is 36.5 Å². The summed E-state index contributed by atoms with van der Waals surface area (Å²) in [6, 6.07) is 11.1. The molecule has 0 saturated carbocycles. The van der Waals surface area contributed by atoms with Crippen LogP contribution >= 0.6 is 23.2 Å². The number of rotatable bonds is 10. The van der Waals surface area contributed by atoms with Crippen LogP contribution in [0.1, 0.15) is 23.1 Å². The van der Waals surface area contributed by atoms with E-state index in [-0.39, 0.29) is 34.7 Å². The van der Waals surface area contributed by atoms with Crippen molar-refractivity contribution in [2.24, 2.45) is 4.99 Å². The molecule has 33 heavy (non-hydrogen) atoms. The predicted molar refractivity (Wildman–Crippen MR) is 133 cm³/mol. The zero-order valence-corrected chi connectivity index (χ0v) is 21.0. The molecule has 1 aliphatic heterocycles. The molecule has 0 aliphatic carbocycles. The van der Waals surface area contributed by atoms with E-state index in [4.69, 9.17) is 23.2 Å². The highest BCUT2D eigenvalue weighted by Gasteiger charge is 2.19. The molecule has 0 bridgehead atoms. The first-order valence-corrected chi connectivity index (χ1v) is 13.1. The number of likely N-dealkylation sites (N-methyl/N-ethyl adjacent to an activating group) is 1. The van der Waals surface area contributed by atoms with Crippen LogP contribution in [0.5, 0.6) is 0 Å². The summed E-state index contributed by atoms with van der Waals surface area (Å²) in [5.41, 5.74) is 2.84. The summed E-state index contributed by atoms with van der Waals surface area (Å²) in [6.45, 7) is 4.22. The van der Waals surface area contributed by atoms with Crippen LogP contribution in [0.15, 0.2) is 46.3 Å². The topological polar surface area (TPSA) is 90.9 Å². The maximum absolute atomic E-state index is 12.6. The van der Waals surface area contributed by atoms with Gasteiger partial charge in [-0.2, -0.15) is 0 Å². The molecule has 0 fully saturated rings. The lowest BCUT2D eigenvalue weighted by molar-refractivity contribution is -0.129. The van der Waals surface area contributed by atoms with Gasteiger partial charge in [0.15, 0.2) is 9.84 Å². The van der Waals surface area contributed by atoms with Crippen molar-refractivity contribution in [2.45, 2.75) is 24.7 Å². The number of carbonyl (C=O) groups excluding carboxylic acids is 1. The highest BCUT2D eigenvalue weighted by molar-refractivity contribution is 7.91. The Morgan fingerprint density at radius 3 is 2.58 bits per heavy atom. The predicted octanol–water partition coefficient (Wildman–Crippen LogP) is 3.06. The van der Waals surface area contributed by atoms with Crippen molar-refractivity contribution in [3.05, 3.63) is 63.1 Å². The van der Waals surface area contributed by atoms with Crippen LogP contribution in [-0.2, 0) is 21.1 Å². The molecule has 2 aromatic rings. The normalized spacial score (nSPS) is 13.5. The third kappa shape index (κ3) is 6.93. The minimum atomic E-state index is -3.64. The van der Waals surface area contributed by atoms with Crippen LogP contribution < -0.4 is 10.6 Å². The molecule has 0 saturated heterocycles. The van der Waals surface area contributed by atoms with Gasteiger partial charge in [0, 0.05) is 43.7 Å². The molecular weight excluding hydrogens is 483 g/mol. The third-order valence-electron chi connectivity index (χ3n) is 5.42. The number of aryl methyl sites for hydroxylation is 1. The van der Waals surface area contributed by atoms with E-state index in [1.54, 1.807) is 18.9 Å². The first-order chi connectivity index (χ1) is 15.7. The van der Waals surface area contributed by atoms with E-state index in [9.17, 15) is 13.2 Å². The quantitative estimate of drug-likeness (QED) is 0.479. The van der Waals surface area contributed by atoms with E-state index < -0.39 is 9.84 Å². The van der Waals surface area contributed by atoms with Crippen molar-refractivity contribution in [3.63, 3.8) is 0 Å². The molecule has 1 aliphatic rings. The molecule has 7 nitrogen and oxygen atoms in total. The van der Waals surface area contributed by atoms with E-state index in [1.807, 2.05) is 24.3 Å². The van der Waals surface area contributed by atoms with Gasteiger partial charge in [0.1, 0.15) is 11.7 Å². The van der Waals surface area contributed by atoms with Crippen LogP contribution in [-0.4, -0.2) is 64.2 Å². The largest absolute Gasteiger partial charge is 0.368 e. The average molecular weight is 511 g/mol. The summed E-state index contributed by atoms with van der Waals surface area (Å²) < 4.78 is 25.1. The Morgan fingerprint density at radius 1 is 1.18 bits per heavy atom. The number of amides is 1. The Balaban J connectivity index is 1.41. The minimum Gasteiger partial charge on any atom is -0.368 e. The van der Waals surface area contributed by atoms with Gasteiger partial charge in [0.2, 0.25) is 5.91 Å². The Hall–Kier alpha value is -2.13. The molecule has 0 unspecified atom stereocenters. The second-order valence-electron chi connectivity index (χ2n) is 7.96. The van der Waals surface area contributed by atoms with Gasteiger partial charge in [-0.25, -0.2) is 8.42 Å². The molecule has 2 aromatic carbocycles. The zero-order valence-electron chi connectivity index (χ0n) is 18.7. The summed E-state index contributed by atoms with van der Waals surface area (Å²) in [5, 5.41) is 6.58. The van der Waals surface area contributed by atoms with Crippen molar-refractivity contribution < 1.29 is 13.2 Å². The standard InChI is InChI=1S/C23H28Cl2N4O3S/c1-16-13-21(20(25)14-19(16)24)33(31,32)15-26-9-7-22(30)29(2)12-8-17-3-5-18(6-4-17)23-27-10-11-28-23/h3-6,13-14,26H,7-12,15H2,1-2H3,(H,27,28). The van der Waals surface area contributed by atoms with Crippen LogP contribution in [0.2, 0.25) is 10.0 Å².